The number of fused-ring (bicyclic) bond motifs is 1. The largest absolute Gasteiger partial charge is 0.496 e. The van der Waals surface area contributed by atoms with Crippen molar-refractivity contribution in [1.29, 1.82) is 0 Å². The number of carboxylic acids is 1. The number of carboxylic acid groups (broad SMARTS) is 1. The normalized spacial score (nSPS) is 12.0. The van der Waals surface area contributed by atoms with Crippen molar-refractivity contribution in [3.63, 3.8) is 0 Å². The van der Waals surface area contributed by atoms with Crippen LogP contribution in [-0.2, 0) is 11.8 Å². The number of carbonyl (C=O) groups excluding carboxylic acids is 1. The van der Waals surface area contributed by atoms with Gasteiger partial charge in [-0.3, -0.25) is 4.79 Å². The Bertz CT molecular complexity index is 1160. The number of para-hydroxylation sites is 1. The average molecular weight is 467 g/mol. The number of halogens is 3. The van der Waals surface area contributed by atoms with E-state index in [9.17, 15) is 18.0 Å². The molecule has 1 atom stereocenters. The van der Waals surface area contributed by atoms with Crippen molar-refractivity contribution in [2.24, 2.45) is 12.8 Å². The first-order valence-corrected chi connectivity index (χ1v) is 9.64. The third-order valence-corrected chi connectivity index (χ3v) is 4.69. The highest BCUT2D eigenvalue weighted by Crippen LogP contribution is 2.23. The molecule has 4 N–H and O–H groups in total. The maximum absolute atomic E-state index is 12.7. The fourth-order valence-electron chi connectivity index (χ4n) is 2.94. The molecule has 0 aliphatic heterocycles. The molecular weight excluding hydrogens is 443 g/mol. The number of hydrogen-bond acceptors (Lipinski definition) is 6. The van der Waals surface area contributed by atoms with Crippen molar-refractivity contribution in [1.82, 2.24) is 19.9 Å². The number of aromatic nitrogens is 3. The topological polar surface area (TPSA) is 132 Å². The Balaban J connectivity index is 0.000000479. The maximum Gasteiger partial charge on any atom is 0.490 e. The van der Waals surface area contributed by atoms with E-state index in [1.807, 2.05) is 49.7 Å². The lowest BCUT2D eigenvalue weighted by Gasteiger charge is -2.16. The number of benzene rings is 1. The molecule has 178 valence electrons. The molecule has 0 radical (unpaired) electrons. The van der Waals surface area contributed by atoms with Gasteiger partial charge in [-0.25, -0.2) is 14.8 Å². The summed E-state index contributed by atoms with van der Waals surface area (Å²) < 4.78 is 38.9. The molecule has 0 fully saturated rings. The molecule has 33 heavy (non-hydrogen) atoms. The number of nitrogens with one attached hydrogen (secondary N) is 1. The Kier molecular flexibility index (Phi) is 7.99. The number of amides is 1. The van der Waals surface area contributed by atoms with Crippen LogP contribution in [0.15, 0.2) is 30.3 Å². The number of imidazole rings is 1. The van der Waals surface area contributed by atoms with Gasteiger partial charge in [0.15, 0.2) is 5.65 Å². The maximum atomic E-state index is 12.7. The average Bonchev–Trinajstić information content (AvgIpc) is 3.04. The summed E-state index contributed by atoms with van der Waals surface area (Å²) in [6, 6.07) is 8.90. The molecule has 12 heteroatoms. The van der Waals surface area contributed by atoms with Crippen LogP contribution in [0.4, 0.5) is 13.2 Å². The van der Waals surface area contributed by atoms with Crippen molar-refractivity contribution in [2.45, 2.75) is 26.1 Å². The molecule has 0 bridgehead atoms. The molecule has 1 aromatic carbocycles. The van der Waals surface area contributed by atoms with Gasteiger partial charge in [-0.15, -0.1) is 0 Å². The monoisotopic (exact) mass is 467 g/mol. The van der Waals surface area contributed by atoms with Gasteiger partial charge in [0.25, 0.3) is 5.91 Å². The number of aliphatic carboxylic acids is 1. The van der Waals surface area contributed by atoms with E-state index in [0.717, 1.165) is 17.1 Å². The molecule has 1 amide bonds. The first-order chi connectivity index (χ1) is 15.4. The van der Waals surface area contributed by atoms with Crippen LogP contribution in [0.1, 0.15) is 33.5 Å². The number of nitrogens with zero attached hydrogens (tertiary/aromatic N) is 3. The predicted octanol–water partition coefficient (Wildman–Crippen LogP) is 2.66. The van der Waals surface area contributed by atoms with Crippen molar-refractivity contribution in [3.05, 3.63) is 53.0 Å². The number of ether oxygens (including phenoxy) is 1. The second-order valence-corrected chi connectivity index (χ2v) is 7.06. The summed E-state index contributed by atoms with van der Waals surface area (Å²) in [5.41, 5.74) is 9.65. The number of nitrogens with two attached hydrogens (primary N) is 1. The molecule has 0 aliphatic carbocycles. The van der Waals surface area contributed by atoms with E-state index in [0.29, 0.717) is 22.5 Å². The number of rotatable bonds is 5. The molecular formula is C21H24F3N5O4. The van der Waals surface area contributed by atoms with Gasteiger partial charge in [0.1, 0.15) is 17.1 Å². The Morgan fingerprint density at radius 3 is 2.42 bits per heavy atom. The second kappa shape index (κ2) is 10.3. The molecule has 9 nitrogen and oxygen atoms in total. The highest BCUT2D eigenvalue weighted by atomic mass is 19.4. The minimum absolute atomic E-state index is 0.219. The zero-order chi connectivity index (χ0) is 24.9. The SMILES string of the molecule is COc1ccccc1C(N)CNC(=O)c1cc(C)nc2c1nc(C)n2C.O=C(O)C(F)(F)F. The zero-order valence-corrected chi connectivity index (χ0v) is 18.4. The Morgan fingerprint density at radius 2 is 1.85 bits per heavy atom. The fourth-order valence-corrected chi connectivity index (χ4v) is 2.94. The molecule has 2 heterocycles. The highest BCUT2D eigenvalue weighted by molar-refractivity contribution is 6.04. The second-order valence-electron chi connectivity index (χ2n) is 7.06. The number of pyridine rings is 1. The summed E-state index contributed by atoms with van der Waals surface area (Å²) in [6.07, 6.45) is -5.08. The number of carbonyl (C=O) groups is 2. The summed E-state index contributed by atoms with van der Waals surface area (Å²) in [5.74, 6) is -1.47. The van der Waals surface area contributed by atoms with Gasteiger partial charge in [0.2, 0.25) is 0 Å². The first kappa shape index (κ1) is 25.6. The molecule has 0 spiro atoms. The van der Waals surface area contributed by atoms with Crippen LogP contribution < -0.4 is 15.8 Å². The summed E-state index contributed by atoms with van der Waals surface area (Å²) >= 11 is 0. The van der Waals surface area contributed by atoms with Crippen LogP contribution in [0, 0.1) is 13.8 Å². The van der Waals surface area contributed by atoms with Gasteiger partial charge >= 0.3 is 12.1 Å². The molecule has 2 aromatic heterocycles. The van der Waals surface area contributed by atoms with Gasteiger partial charge in [0.05, 0.1) is 18.7 Å². The fraction of sp³-hybridized carbons (Fsp3) is 0.333. The van der Waals surface area contributed by atoms with Crippen LogP contribution in [0.2, 0.25) is 0 Å². The lowest BCUT2D eigenvalue weighted by atomic mass is 10.1. The minimum atomic E-state index is -5.08. The van der Waals surface area contributed by atoms with Crippen LogP contribution >= 0.6 is 0 Å². The number of hydrogen-bond donors (Lipinski definition) is 3. The molecule has 3 rings (SSSR count). The number of aryl methyl sites for hydroxylation is 3. The lowest BCUT2D eigenvalue weighted by molar-refractivity contribution is -0.192. The van der Waals surface area contributed by atoms with E-state index in [1.54, 1.807) is 13.2 Å². The molecule has 0 aliphatic rings. The van der Waals surface area contributed by atoms with Crippen LogP contribution in [0.5, 0.6) is 5.75 Å². The molecule has 3 aromatic rings. The van der Waals surface area contributed by atoms with Crippen molar-refractivity contribution in [3.8, 4) is 5.75 Å². The zero-order valence-electron chi connectivity index (χ0n) is 18.4. The van der Waals surface area contributed by atoms with Gasteiger partial charge in [-0.1, -0.05) is 18.2 Å². The van der Waals surface area contributed by atoms with E-state index in [2.05, 4.69) is 15.3 Å². The summed E-state index contributed by atoms with van der Waals surface area (Å²) in [5, 5.41) is 10.0. The van der Waals surface area contributed by atoms with E-state index >= 15 is 0 Å². The van der Waals surface area contributed by atoms with Crippen molar-refractivity contribution < 1.29 is 32.6 Å². The summed E-state index contributed by atoms with van der Waals surface area (Å²) in [7, 11) is 3.49. The third-order valence-electron chi connectivity index (χ3n) is 4.69. The van der Waals surface area contributed by atoms with Gasteiger partial charge in [-0.05, 0) is 26.0 Å². The Hall–Kier alpha value is -3.67. The Labute approximate surface area is 187 Å². The standard InChI is InChI=1S/C19H23N5O2.C2HF3O2/c1-11-9-14(17-18(22-11)24(3)12(2)23-17)19(25)21-10-15(20)13-7-5-6-8-16(13)26-4;3-2(4,5)1(6)7/h5-9,15H,10,20H2,1-4H3,(H,21,25);(H,6,7). The van der Waals surface area contributed by atoms with Crippen LogP contribution in [-0.4, -0.2) is 51.3 Å². The van der Waals surface area contributed by atoms with E-state index in [1.165, 1.54) is 0 Å². The smallest absolute Gasteiger partial charge is 0.490 e. The lowest BCUT2D eigenvalue weighted by Crippen LogP contribution is -2.32. The van der Waals surface area contributed by atoms with Crippen molar-refractivity contribution in [2.75, 3.05) is 13.7 Å². The highest BCUT2D eigenvalue weighted by Gasteiger charge is 2.38. The molecule has 0 saturated carbocycles. The number of methoxy groups -OCH3 is 1. The van der Waals surface area contributed by atoms with Crippen molar-refractivity contribution >= 4 is 23.0 Å². The van der Waals surface area contributed by atoms with Gasteiger partial charge < -0.3 is 25.5 Å². The predicted molar refractivity (Wildman–Crippen MR) is 114 cm³/mol. The van der Waals surface area contributed by atoms with Gasteiger partial charge in [-0.2, -0.15) is 13.2 Å². The van der Waals surface area contributed by atoms with Gasteiger partial charge in [0, 0.05) is 24.8 Å². The quantitative estimate of drug-likeness (QED) is 0.526. The van der Waals surface area contributed by atoms with Crippen LogP contribution in [0.25, 0.3) is 11.2 Å². The minimum Gasteiger partial charge on any atom is -0.496 e. The Morgan fingerprint density at radius 1 is 1.24 bits per heavy atom. The molecule has 1 unspecified atom stereocenters. The summed E-state index contributed by atoms with van der Waals surface area (Å²) in [6.45, 7) is 4.03. The molecule has 0 saturated heterocycles. The summed E-state index contributed by atoms with van der Waals surface area (Å²) in [4.78, 5) is 30.6. The first-order valence-electron chi connectivity index (χ1n) is 9.64. The van der Waals surface area contributed by atoms with Crippen LogP contribution in [0.3, 0.4) is 0 Å². The van der Waals surface area contributed by atoms with E-state index in [4.69, 9.17) is 20.4 Å². The number of alkyl halides is 3. The van der Waals surface area contributed by atoms with E-state index < -0.39 is 12.1 Å². The third kappa shape index (κ3) is 6.19. The van der Waals surface area contributed by atoms with E-state index in [-0.39, 0.29) is 18.5 Å².